The van der Waals surface area contributed by atoms with Crippen LogP contribution in [0.5, 0.6) is 11.5 Å². The standard InChI is InChI=1S/C36H30ClN3O7/c1-47-29-16-19(11-15-28(29)41)10-14-26-23-12-13-24-30(33(44)40(31(24)42)35(38)46)25(23)18-27-32(43)39(22-9-5-8-21(37)17-22)34(45)36(26,27)20-6-3-2-4-7-20/h2-12,14-17,24-27,30,41H,13,18H2,1H3,(H2,38,46)/t24-,25+,26-,27-,30-,36-/m0/s1. The summed E-state index contributed by atoms with van der Waals surface area (Å²) in [6.07, 6.45) is 5.78. The molecular formula is C36H30ClN3O7. The highest BCUT2D eigenvalue weighted by Gasteiger charge is 2.69. The van der Waals surface area contributed by atoms with Crippen LogP contribution in [0.3, 0.4) is 0 Å². The van der Waals surface area contributed by atoms with E-state index in [0.29, 0.717) is 26.7 Å². The Morgan fingerprint density at radius 1 is 0.979 bits per heavy atom. The fraction of sp³-hybridized carbons (Fsp3) is 0.250. The third-order valence-corrected chi connectivity index (χ3v) is 10.4. The first-order valence-electron chi connectivity index (χ1n) is 15.2. The van der Waals surface area contributed by atoms with Crippen LogP contribution in [0.25, 0.3) is 6.08 Å². The first-order valence-corrected chi connectivity index (χ1v) is 15.6. The van der Waals surface area contributed by atoms with Gasteiger partial charge in [0.1, 0.15) is 0 Å². The molecule has 2 saturated heterocycles. The molecule has 11 heteroatoms. The number of hydrogen-bond acceptors (Lipinski definition) is 7. The molecule has 3 aromatic rings. The van der Waals surface area contributed by atoms with E-state index in [1.807, 2.05) is 42.5 Å². The van der Waals surface area contributed by atoms with Gasteiger partial charge in [-0.3, -0.25) is 19.2 Å². The number of benzene rings is 3. The van der Waals surface area contributed by atoms with Crippen LogP contribution in [0, 0.1) is 29.6 Å². The zero-order chi connectivity index (χ0) is 33.2. The van der Waals surface area contributed by atoms with Crippen LogP contribution < -0.4 is 15.4 Å². The van der Waals surface area contributed by atoms with Crippen LogP contribution in [0.2, 0.25) is 5.02 Å². The number of halogens is 1. The number of likely N-dealkylation sites (tertiary alicyclic amines) is 1. The minimum atomic E-state index is -1.43. The van der Waals surface area contributed by atoms with Crippen LogP contribution >= 0.6 is 11.6 Å². The second-order valence-corrected chi connectivity index (χ2v) is 12.7. The highest BCUT2D eigenvalue weighted by Crippen LogP contribution is 2.62. The SMILES string of the molecule is COc1cc(C=C[C@H]2C3=CC[C@@H]4C(=O)N(C(N)=O)C(=O)[C@@H]4[C@@H]3C[C@H]3C(=O)N(c4cccc(Cl)c4)C(=O)[C@@]23c2ccccc2)ccc1O. The molecule has 2 aliphatic heterocycles. The van der Waals surface area contributed by atoms with Crippen molar-refractivity contribution in [2.45, 2.75) is 18.3 Å². The lowest BCUT2D eigenvalue weighted by molar-refractivity contribution is -0.136. The number of fused-ring (bicyclic) bond motifs is 4. The zero-order valence-corrected chi connectivity index (χ0v) is 26.0. The first kappa shape index (κ1) is 30.4. The van der Waals surface area contributed by atoms with Crippen molar-refractivity contribution < 1.29 is 33.8 Å². The fourth-order valence-electron chi connectivity index (χ4n) is 8.21. The van der Waals surface area contributed by atoms with Gasteiger partial charge in [-0.15, -0.1) is 0 Å². The molecule has 47 heavy (non-hydrogen) atoms. The molecule has 0 unspecified atom stereocenters. The van der Waals surface area contributed by atoms with Crippen LogP contribution in [0.4, 0.5) is 10.5 Å². The average Bonchev–Trinajstić information content (AvgIpc) is 3.46. The van der Waals surface area contributed by atoms with E-state index in [-0.39, 0.29) is 24.3 Å². The summed E-state index contributed by atoms with van der Waals surface area (Å²) in [4.78, 5) is 70.5. The van der Waals surface area contributed by atoms with Gasteiger partial charge in [-0.05, 0) is 60.2 Å². The summed E-state index contributed by atoms with van der Waals surface area (Å²) < 4.78 is 5.30. The molecule has 3 aromatic carbocycles. The molecule has 0 aromatic heterocycles. The number of urea groups is 1. The number of phenolic OH excluding ortho intramolecular Hbond substituents is 1. The van der Waals surface area contributed by atoms with E-state index in [0.717, 1.165) is 5.57 Å². The number of nitrogens with zero attached hydrogens (tertiary/aromatic N) is 2. The highest BCUT2D eigenvalue weighted by atomic mass is 35.5. The van der Waals surface area contributed by atoms with Crippen LogP contribution in [0.15, 0.2) is 90.5 Å². The van der Waals surface area contributed by atoms with Crippen LogP contribution in [0.1, 0.15) is 24.0 Å². The van der Waals surface area contributed by atoms with Gasteiger partial charge in [-0.1, -0.05) is 77.9 Å². The number of carbonyl (C=O) groups is 5. The molecule has 1 saturated carbocycles. The molecule has 0 radical (unpaired) electrons. The number of allylic oxidation sites excluding steroid dienone is 3. The Labute approximate surface area is 275 Å². The van der Waals surface area contributed by atoms with E-state index in [1.165, 1.54) is 18.1 Å². The smallest absolute Gasteiger partial charge is 0.328 e. The molecule has 2 heterocycles. The summed E-state index contributed by atoms with van der Waals surface area (Å²) in [5, 5.41) is 10.5. The van der Waals surface area contributed by atoms with Crippen molar-refractivity contribution in [1.82, 2.24) is 4.90 Å². The number of amides is 6. The highest BCUT2D eigenvalue weighted by molar-refractivity contribution is 6.32. The molecule has 238 valence electrons. The van der Waals surface area contributed by atoms with E-state index in [9.17, 15) is 24.3 Å². The number of imide groups is 4. The van der Waals surface area contributed by atoms with E-state index >= 15 is 4.79 Å². The number of nitrogens with two attached hydrogens (primary N) is 1. The third-order valence-electron chi connectivity index (χ3n) is 10.1. The van der Waals surface area contributed by atoms with Gasteiger partial charge < -0.3 is 15.6 Å². The number of primary amides is 1. The zero-order valence-electron chi connectivity index (χ0n) is 25.2. The summed E-state index contributed by atoms with van der Waals surface area (Å²) in [6.45, 7) is 0. The molecule has 6 atom stereocenters. The van der Waals surface area contributed by atoms with Crippen molar-refractivity contribution in [2.24, 2.45) is 35.3 Å². The van der Waals surface area contributed by atoms with Crippen molar-refractivity contribution >= 4 is 53.0 Å². The summed E-state index contributed by atoms with van der Waals surface area (Å²) in [5.41, 5.74) is 6.38. The Morgan fingerprint density at radius 2 is 1.74 bits per heavy atom. The maximum atomic E-state index is 15.1. The second kappa shape index (κ2) is 11.2. The molecule has 7 rings (SSSR count). The van der Waals surface area contributed by atoms with E-state index in [2.05, 4.69) is 0 Å². The van der Waals surface area contributed by atoms with Gasteiger partial charge in [-0.25, -0.2) is 9.69 Å². The number of phenols is 1. The average molecular weight is 652 g/mol. The quantitative estimate of drug-likeness (QED) is 0.296. The Bertz CT molecular complexity index is 1920. The van der Waals surface area contributed by atoms with Gasteiger partial charge in [0.2, 0.25) is 23.6 Å². The third kappa shape index (κ3) is 4.42. The first-order chi connectivity index (χ1) is 22.6. The van der Waals surface area contributed by atoms with Crippen molar-refractivity contribution in [3.05, 3.63) is 107 Å². The summed E-state index contributed by atoms with van der Waals surface area (Å²) >= 11 is 6.33. The lowest BCUT2D eigenvalue weighted by atomic mass is 9.50. The minimum Gasteiger partial charge on any atom is -0.504 e. The van der Waals surface area contributed by atoms with Crippen LogP contribution in [-0.4, -0.2) is 46.8 Å². The maximum Gasteiger partial charge on any atom is 0.328 e. The maximum absolute atomic E-state index is 15.1. The van der Waals surface area contributed by atoms with Crippen LogP contribution in [-0.2, 0) is 24.6 Å². The predicted octanol–water partition coefficient (Wildman–Crippen LogP) is 4.84. The number of anilines is 1. The van der Waals surface area contributed by atoms with E-state index < -0.39 is 64.7 Å². The Morgan fingerprint density at radius 3 is 2.45 bits per heavy atom. The van der Waals surface area contributed by atoms with Gasteiger partial charge in [0.25, 0.3) is 0 Å². The molecule has 10 nitrogen and oxygen atoms in total. The van der Waals surface area contributed by atoms with E-state index in [1.54, 1.807) is 42.5 Å². The molecular weight excluding hydrogens is 622 g/mol. The summed E-state index contributed by atoms with van der Waals surface area (Å²) in [5.74, 6) is -6.06. The van der Waals surface area contributed by atoms with Gasteiger partial charge in [-0.2, -0.15) is 4.90 Å². The number of hydrogen-bond donors (Lipinski definition) is 2. The molecule has 0 bridgehead atoms. The Kier molecular flexibility index (Phi) is 7.28. The lowest BCUT2D eigenvalue weighted by Gasteiger charge is -2.49. The minimum absolute atomic E-state index is 0.0404. The van der Waals surface area contributed by atoms with Gasteiger partial charge >= 0.3 is 6.03 Å². The summed E-state index contributed by atoms with van der Waals surface area (Å²) in [7, 11) is 1.44. The molecule has 6 amide bonds. The van der Waals surface area contributed by atoms with E-state index in [4.69, 9.17) is 22.1 Å². The van der Waals surface area contributed by atoms with Crippen molar-refractivity contribution in [3.63, 3.8) is 0 Å². The van der Waals surface area contributed by atoms with Crippen molar-refractivity contribution in [2.75, 3.05) is 12.0 Å². The Balaban J connectivity index is 1.46. The number of aromatic hydroxyl groups is 1. The predicted molar refractivity (Wildman–Crippen MR) is 172 cm³/mol. The van der Waals surface area contributed by atoms with Crippen molar-refractivity contribution in [3.8, 4) is 11.5 Å². The molecule has 2 aliphatic carbocycles. The van der Waals surface area contributed by atoms with Gasteiger partial charge in [0, 0.05) is 10.9 Å². The fourth-order valence-corrected chi connectivity index (χ4v) is 8.40. The topological polar surface area (TPSA) is 147 Å². The number of ether oxygens (including phenoxy) is 1. The molecule has 4 aliphatic rings. The van der Waals surface area contributed by atoms with Crippen molar-refractivity contribution in [1.29, 1.82) is 0 Å². The number of methoxy groups -OCH3 is 1. The summed E-state index contributed by atoms with van der Waals surface area (Å²) in [6, 6.07) is 19.3. The second-order valence-electron chi connectivity index (χ2n) is 12.3. The molecule has 3 fully saturated rings. The largest absolute Gasteiger partial charge is 0.504 e. The van der Waals surface area contributed by atoms with Gasteiger partial charge in [0.15, 0.2) is 11.5 Å². The van der Waals surface area contributed by atoms with Gasteiger partial charge in [0.05, 0.1) is 36.0 Å². The number of carbonyl (C=O) groups excluding carboxylic acids is 5. The normalized spacial score (nSPS) is 28.3. The number of rotatable bonds is 5. The molecule has 3 N–H and O–H groups in total. The lowest BCUT2D eigenvalue weighted by Crippen LogP contribution is -2.54. The molecule has 0 spiro atoms. The monoisotopic (exact) mass is 651 g/mol. The Hall–Kier alpha value is -5.22.